The van der Waals surface area contributed by atoms with Gasteiger partial charge in [-0.3, -0.25) is 9.69 Å². The van der Waals surface area contributed by atoms with Crippen molar-refractivity contribution in [3.05, 3.63) is 29.8 Å². The first kappa shape index (κ1) is 19.1. The molecule has 2 atom stereocenters. The highest BCUT2D eigenvalue weighted by Gasteiger charge is 2.25. The van der Waals surface area contributed by atoms with Gasteiger partial charge in [-0.1, -0.05) is 12.1 Å². The number of nitrogens with one attached hydrogen (secondary N) is 1. The third-order valence-electron chi connectivity index (χ3n) is 4.50. The number of methoxy groups -OCH3 is 1. The summed E-state index contributed by atoms with van der Waals surface area (Å²) < 4.78 is 5.35. The van der Waals surface area contributed by atoms with Crippen molar-refractivity contribution < 1.29 is 9.53 Å². The van der Waals surface area contributed by atoms with Crippen molar-refractivity contribution in [2.75, 3.05) is 38.8 Å². The standard InChI is InChI=1S/C18H29N3O2S/c1-23-15-7-5-6-14(12-15)17(21-9-3-4-10-21)13-20-18(22)16(19)8-11-24-2/h5-7,12,16-17H,3-4,8-11,13,19H2,1-2H3,(H,20,22). The molecular formula is C18H29N3O2S. The van der Waals surface area contributed by atoms with Gasteiger partial charge in [-0.25, -0.2) is 0 Å². The van der Waals surface area contributed by atoms with Crippen LogP contribution in [0.2, 0.25) is 0 Å². The Labute approximate surface area is 149 Å². The van der Waals surface area contributed by atoms with Crippen LogP contribution in [0.15, 0.2) is 24.3 Å². The Kier molecular flexibility index (Phi) is 7.88. The molecule has 1 amide bonds. The Bertz CT molecular complexity index is 521. The Balaban J connectivity index is 2.02. The number of amides is 1. The number of carbonyl (C=O) groups is 1. The van der Waals surface area contributed by atoms with Crippen LogP contribution in [-0.2, 0) is 4.79 Å². The summed E-state index contributed by atoms with van der Waals surface area (Å²) >= 11 is 1.71. The van der Waals surface area contributed by atoms with Crippen LogP contribution in [-0.4, -0.2) is 55.6 Å². The third-order valence-corrected chi connectivity index (χ3v) is 5.14. The zero-order valence-electron chi connectivity index (χ0n) is 14.7. The van der Waals surface area contributed by atoms with Gasteiger partial charge in [-0.05, 0) is 62.1 Å². The van der Waals surface area contributed by atoms with E-state index in [0.29, 0.717) is 13.0 Å². The minimum absolute atomic E-state index is 0.0591. The van der Waals surface area contributed by atoms with Crippen LogP contribution in [0, 0.1) is 0 Å². The molecule has 0 aromatic heterocycles. The highest BCUT2D eigenvalue weighted by Crippen LogP contribution is 2.27. The number of ether oxygens (including phenoxy) is 1. The summed E-state index contributed by atoms with van der Waals surface area (Å²) in [5.74, 6) is 1.69. The SMILES string of the molecule is COc1cccc(C(CNC(=O)C(N)CCSC)N2CCCC2)c1. The fourth-order valence-corrected chi connectivity index (χ4v) is 3.55. The normalized spacial score (nSPS) is 17.5. The van der Waals surface area contributed by atoms with Gasteiger partial charge >= 0.3 is 0 Å². The first-order valence-electron chi connectivity index (χ1n) is 8.56. The average molecular weight is 352 g/mol. The van der Waals surface area contributed by atoms with E-state index in [4.69, 9.17) is 10.5 Å². The molecule has 1 aromatic carbocycles. The molecule has 0 aliphatic carbocycles. The third kappa shape index (κ3) is 5.40. The maximum absolute atomic E-state index is 12.2. The molecule has 0 spiro atoms. The van der Waals surface area contributed by atoms with Gasteiger partial charge in [0.25, 0.3) is 0 Å². The number of likely N-dealkylation sites (tertiary alicyclic amines) is 1. The quantitative estimate of drug-likeness (QED) is 0.712. The van der Waals surface area contributed by atoms with Gasteiger partial charge in [0.15, 0.2) is 0 Å². The maximum Gasteiger partial charge on any atom is 0.237 e. The summed E-state index contributed by atoms with van der Waals surface area (Å²) in [4.78, 5) is 14.7. The molecule has 2 unspecified atom stereocenters. The molecule has 6 heteroatoms. The van der Waals surface area contributed by atoms with Crippen LogP contribution >= 0.6 is 11.8 Å². The first-order chi connectivity index (χ1) is 11.7. The molecular weight excluding hydrogens is 322 g/mol. The summed E-state index contributed by atoms with van der Waals surface area (Å²) in [7, 11) is 1.68. The number of rotatable bonds is 9. The number of thioether (sulfide) groups is 1. The van der Waals surface area contributed by atoms with E-state index in [9.17, 15) is 4.79 Å². The Morgan fingerprint density at radius 3 is 2.83 bits per heavy atom. The second-order valence-electron chi connectivity index (χ2n) is 6.17. The Morgan fingerprint density at radius 2 is 2.17 bits per heavy atom. The van der Waals surface area contributed by atoms with Gasteiger partial charge in [-0.2, -0.15) is 11.8 Å². The summed E-state index contributed by atoms with van der Waals surface area (Å²) in [6, 6.07) is 7.85. The number of hydrogen-bond donors (Lipinski definition) is 2. The molecule has 1 heterocycles. The Hall–Kier alpha value is -1.24. The Morgan fingerprint density at radius 1 is 1.42 bits per heavy atom. The number of carbonyl (C=O) groups excluding carboxylic acids is 1. The molecule has 0 saturated carbocycles. The summed E-state index contributed by atoms with van der Waals surface area (Å²) in [5.41, 5.74) is 7.14. The second kappa shape index (κ2) is 9.91. The summed E-state index contributed by atoms with van der Waals surface area (Å²) in [6.07, 6.45) is 5.15. The predicted octanol–water partition coefficient (Wildman–Crippen LogP) is 2.03. The van der Waals surface area contributed by atoms with Crippen molar-refractivity contribution in [2.45, 2.75) is 31.3 Å². The smallest absolute Gasteiger partial charge is 0.237 e. The van der Waals surface area contributed by atoms with E-state index in [2.05, 4.69) is 22.3 Å². The number of nitrogens with two attached hydrogens (primary N) is 1. The van der Waals surface area contributed by atoms with Crippen LogP contribution in [0.4, 0.5) is 0 Å². The molecule has 24 heavy (non-hydrogen) atoms. The summed E-state index contributed by atoms with van der Waals surface area (Å²) in [6.45, 7) is 2.71. The lowest BCUT2D eigenvalue weighted by Crippen LogP contribution is -2.44. The van der Waals surface area contributed by atoms with E-state index < -0.39 is 6.04 Å². The van der Waals surface area contributed by atoms with Crippen LogP contribution in [0.5, 0.6) is 5.75 Å². The summed E-state index contributed by atoms with van der Waals surface area (Å²) in [5, 5.41) is 3.05. The zero-order chi connectivity index (χ0) is 17.4. The highest BCUT2D eigenvalue weighted by atomic mass is 32.2. The molecule has 2 rings (SSSR count). The van der Waals surface area contributed by atoms with E-state index in [1.807, 2.05) is 18.4 Å². The fourth-order valence-electron chi connectivity index (χ4n) is 3.06. The number of benzene rings is 1. The van der Waals surface area contributed by atoms with Gasteiger partial charge in [-0.15, -0.1) is 0 Å². The van der Waals surface area contributed by atoms with E-state index in [1.54, 1.807) is 18.9 Å². The van der Waals surface area contributed by atoms with Crippen molar-refractivity contribution >= 4 is 17.7 Å². The topological polar surface area (TPSA) is 67.6 Å². The van der Waals surface area contributed by atoms with Crippen molar-refractivity contribution in [2.24, 2.45) is 5.73 Å². The van der Waals surface area contributed by atoms with E-state index >= 15 is 0 Å². The molecule has 1 aliphatic rings. The van der Waals surface area contributed by atoms with E-state index in [-0.39, 0.29) is 11.9 Å². The van der Waals surface area contributed by atoms with Crippen molar-refractivity contribution in [1.82, 2.24) is 10.2 Å². The average Bonchev–Trinajstić information content (AvgIpc) is 3.14. The lowest BCUT2D eigenvalue weighted by Gasteiger charge is -2.29. The van der Waals surface area contributed by atoms with E-state index in [0.717, 1.165) is 24.6 Å². The molecule has 0 radical (unpaired) electrons. The minimum Gasteiger partial charge on any atom is -0.497 e. The van der Waals surface area contributed by atoms with Crippen LogP contribution in [0.3, 0.4) is 0 Å². The zero-order valence-corrected chi connectivity index (χ0v) is 15.5. The molecule has 1 fully saturated rings. The molecule has 1 aromatic rings. The lowest BCUT2D eigenvalue weighted by atomic mass is 10.0. The van der Waals surface area contributed by atoms with E-state index in [1.165, 1.54) is 18.4 Å². The lowest BCUT2D eigenvalue weighted by molar-refractivity contribution is -0.122. The molecule has 1 aliphatic heterocycles. The van der Waals surface area contributed by atoms with Gasteiger partial charge in [0, 0.05) is 6.54 Å². The number of nitrogens with zero attached hydrogens (tertiary/aromatic N) is 1. The van der Waals surface area contributed by atoms with Crippen molar-refractivity contribution in [3.8, 4) is 5.75 Å². The van der Waals surface area contributed by atoms with Gasteiger partial charge in [0.1, 0.15) is 5.75 Å². The molecule has 3 N–H and O–H groups in total. The largest absolute Gasteiger partial charge is 0.497 e. The minimum atomic E-state index is -0.429. The fraction of sp³-hybridized carbons (Fsp3) is 0.611. The van der Waals surface area contributed by atoms with Crippen molar-refractivity contribution in [1.29, 1.82) is 0 Å². The number of hydrogen-bond acceptors (Lipinski definition) is 5. The molecule has 0 bridgehead atoms. The molecule has 1 saturated heterocycles. The second-order valence-corrected chi connectivity index (χ2v) is 7.15. The van der Waals surface area contributed by atoms with Crippen LogP contribution in [0.25, 0.3) is 0 Å². The highest BCUT2D eigenvalue weighted by molar-refractivity contribution is 7.98. The van der Waals surface area contributed by atoms with Gasteiger partial charge in [0.2, 0.25) is 5.91 Å². The van der Waals surface area contributed by atoms with Gasteiger partial charge in [0.05, 0.1) is 19.2 Å². The first-order valence-corrected chi connectivity index (χ1v) is 9.95. The van der Waals surface area contributed by atoms with Crippen LogP contribution < -0.4 is 15.8 Å². The molecule has 5 nitrogen and oxygen atoms in total. The monoisotopic (exact) mass is 351 g/mol. The maximum atomic E-state index is 12.2. The molecule has 134 valence electrons. The predicted molar refractivity (Wildman–Crippen MR) is 101 cm³/mol. The van der Waals surface area contributed by atoms with Crippen molar-refractivity contribution in [3.63, 3.8) is 0 Å². The van der Waals surface area contributed by atoms with Gasteiger partial charge < -0.3 is 15.8 Å². The van der Waals surface area contributed by atoms with Crippen LogP contribution in [0.1, 0.15) is 30.9 Å².